The number of nitrogens with one attached hydrogen (secondary N) is 5. The lowest BCUT2D eigenvalue weighted by molar-refractivity contribution is -0.387. The highest BCUT2D eigenvalue weighted by molar-refractivity contribution is 6.02. The van der Waals surface area contributed by atoms with Crippen LogP contribution in [0.3, 0.4) is 0 Å². The molecule has 0 fully saturated rings. The van der Waals surface area contributed by atoms with Gasteiger partial charge in [-0.2, -0.15) is 0 Å². The standard InChI is InChI=1S/C47H55N5O15.2BrH/c1-61-41(54)12-8-25-23-48-33(29(25)17-45(58)65-5)20-34-27(10-14-43(56)63-3)31(18-46(59)66-6)37(50-34)21-35-28(11-15-44(57)64-4)32(19-47(60)67-7)38(51-35)22-36-26(9-13-42(55)62-2)30-16-40(53)49-24-39(30)52-36;;/h20,22-23,50,52H,8-19,21,24H2,1-7H3,(H,49,53);2*1H/b33-20-,38-22-;;/i24D;;/t24-;;/m1../s1. The average Bonchev–Trinajstić information content (AvgIpc) is 4.06. The van der Waals surface area contributed by atoms with E-state index in [0.29, 0.717) is 84.4 Å². The van der Waals surface area contributed by atoms with Crippen LogP contribution in [-0.2, 0) is 110 Å². The van der Waals surface area contributed by atoms with Crippen molar-refractivity contribution in [1.29, 1.82) is 0 Å². The largest absolute Gasteiger partial charge is 1.00 e. The first-order valence-corrected chi connectivity index (χ1v) is 21.3. The summed E-state index contributed by atoms with van der Waals surface area (Å²) in [5.74, 6) is -4.08. The summed E-state index contributed by atoms with van der Waals surface area (Å²) in [5.41, 5.74) is 7.62. The highest BCUT2D eigenvalue weighted by atomic mass is 79.9. The summed E-state index contributed by atoms with van der Waals surface area (Å²) in [6.07, 6.45) is 4.84. The molecule has 0 saturated heterocycles. The predicted molar refractivity (Wildman–Crippen MR) is 236 cm³/mol. The van der Waals surface area contributed by atoms with E-state index in [0.717, 1.165) is 0 Å². The summed E-state index contributed by atoms with van der Waals surface area (Å²) in [6.45, 7) is -1.12. The first kappa shape index (κ1) is 55.2. The number of aromatic amines is 2. The van der Waals surface area contributed by atoms with Crippen LogP contribution in [0.25, 0.3) is 12.2 Å². The van der Waals surface area contributed by atoms with Gasteiger partial charge in [-0.05, 0) is 47.9 Å². The molecule has 0 aliphatic carbocycles. The number of fused-ring (bicyclic) bond motifs is 1. The molecule has 0 unspecified atom stereocenters. The fraction of sp³-hybridized carbons (Fsp3) is 0.447. The van der Waals surface area contributed by atoms with E-state index in [1.54, 1.807) is 18.4 Å². The number of amides is 1. The molecule has 3 aliphatic heterocycles. The number of aromatic nitrogens is 2. The Morgan fingerprint density at radius 2 is 1.09 bits per heavy atom. The number of halogens is 2. The summed E-state index contributed by atoms with van der Waals surface area (Å²) < 4.78 is 43.6. The van der Waals surface area contributed by atoms with Crippen LogP contribution in [0, 0.1) is 0 Å². The molecular formula is C47H57Br2N5O15. The number of esters is 7. The first-order chi connectivity index (χ1) is 32.6. The maximum absolute atomic E-state index is 13.2. The lowest BCUT2D eigenvalue weighted by Gasteiger charge is -2.13. The zero-order chi connectivity index (χ0) is 49.7. The molecule has 5 heterocycles. The van der Waals surface area contributed by atoms with Gasteiger partial charge in [-0.25, -0.2) is 9.98 Å². The molecule has 3 aliphatic rings. The molecule has 1 amide bonds. The minimum atomic E-state index is -1.12. The van der Waals surface area contributed by atoms with Gasteiger partial charge in [0, 0.05) is 82.9 Å². The van der Waals surface area contributed by atoms with Crippen LogP contribution in [0.5, 0.6) is 0 Å². The average molecular weight is 1090 g/mol. The number of H-pyrrole nitrogens is 2. The Bertz CT molecular complexity index is 2570. The van der Waals surface area contributed by atoms with E-state index in [9.17, 15) is 38.4 Å². The van der Waals surface area contributed by atoms with Crippen LogP contribution in [0.4, 0.5) is 0 Å². The minimum Gasteiger partial charge on any atom is -1.00 e. The molecule has 69 heavy (non-hydrogen) atoms. The van der Waals surface area contributed by atoms with Gasteiger partial charge in [0.2, 0.25) is 17.3 Å². The van der Waals surface area contributed by atoms with Crippen LogP contribution in [0.15, 0.2) is 33.7 Å². The molecular weight excluding hydrogens is 1030 g/mol. The predicted octanol–water partition coefficient (Wildman–Crippen LogP) is -6.30. The normalized spacial score (nSPS) is 16.2. The maximum atomic E-state index is 13.2. The van der Waals surface area contributed by atoms with Crippen LogP contribution in [0.2, 0.25) is 0 Å². The number of ether oxygens (including phenoxy) is 7. The number of hydrogen-bond acceptors (Lipinski definition) is 15. The third-order valence-electron chi connectivity index (χ3n) is 11.6. The molecule has 5 rings (SSSR count). The summed E-state index contributed by atoms with van der Waals surface area (Å²) in [4.78, 5) is 115. The van der Waals surface area contributed by atoms with Crippen LogP contribution in [0.1, 0.15) is 97.8 Å². The van der Waals surface area contributed by atoms with Crippen LogP contribution < -0.4 is 49.3 Å². The third kappa shape index (κ3) is 14.8. The Kier molecular flexibility index (Phi) is 21.5. The van der Waals surface area contributed by atoms with Crippen molar-refractivity contribution in [1.82, 2.24) is 15.3 Å². The Morgan fingerprint density at radius 1 is 0.594 bits per heavy atom. The van der Waals surface area contributed by atoms with Gasteiger partial charge in [-0.15, -0.1) is 0 Å². The second-order valence-corrected chi connectivity index (χ2v) is 15.5. The number of hydrogen-bond donors (Lipinski definition) is 5. The second kappa shape index (κ2) is 26.9. The van der Waals surface area contributed by atoms with Gasteiger partial charge in [0.1, 0.15) is 0 Å². The van der Waals surface area contributed by atoms with E-state index >= 15 is 0 Å². The van der Waals surface area contributed by atoms with Gasteiger partial charge in [0.25, 0.3) is 0 Å². The van der Waals surface area contributed by atoms with Crippen molar-refractivity contribution in [3.05, 3.63) is 78.7 Å². The van der Waals surface area contributed by atoms with E-state index in [1.807, 2.05) is 0 Å². The van der Waals surface area contributed by atoms with Gasteiger partial charge in [-0.1, -0.05) is 0 Å². The van der Waals surface area contributed by atoms with E-state index < -0.39 is 48.3 Å². The van der Waals surface area contributed by atoms with Crippen molar-refractivity contribution in [2.24, 2.45) is 0 Å². The molecule has 0 saturated carbocycles. The van der Waals surface area contributed by atoms with Gasteiger partial charge < -0.3 is 82.4 Å². The highest BCUT2D eigenvalue weighted by Crippen LogP contribution is 2.33. The van der Waals surface area contributed by atoms with Crippen molar-refractivity contribution in [3.8, 4) is 0 Å². The smallest absolute Gasteiger partial charge is 0.310 e. The molecule has 0 bridgehead atoms. The number of methoxy groups -OCH3 is 7. The van der Waals surface area contributed by atoms with Crippen LogP contribution in [-0.4, -0.2) is 119 Å². The Balaban J connectivity index is 0.00000648. The molecule has 0 spiro atoms. The SMILES string of the molecule is [2H][C@H]1NC(=O)Cc2c1[nH]c(/C=C1\[NH+]=C(Cc3[nH]c(/C=C4\[NH+]=CC(CCC(=O)OC)=C4CC(=O)OC)c(CCC(=O)OC)c3CC(=O)OC)C(CCC(=O)OC)=C1CC(=O)OC)c2CCC(=O)OC.[Br-].[Br-]. The molecule has 22 heteroatoms. The number of rotatable bonds is 22. The molecule has 0 aromatic carbocycles. The zero-order valence-electron chi connectivity index (χ0n) is 40.4. The molecule has 0 radical (unpaired) electrons. The van der Waals surface area contributed by atoms with E-state index in [4.69, 9.17) is 34.5 Å². The summed E-state index contributed by atoms with van der Waals surface area (Å²) in [6, 6.07) is 0. The minimum absolute atomic E-state index is 0. The van der Waals surface area contributed by atoms with Gasteiger partial charge >= 0.3 is 41.8 Å². The molecule has 1 atom stereocenters. The topological polar surface area (TPSA) is 273 Å². The van der Waals surface area contributed by atoms with E-state index in [1.165, 1.54) is 49.8 Å². The molecule has 374 valence electrons. The Hall–Kier alpha value is -6.42. The van der Waals surface area contributed by atoms with Gasteiger partial charge in [0.15, 0.2) is 11.9 Å². The maximum Gasteiger partial charge on any atom is 0.310 e. The lowest BCUT2D eigenvalue weighted by atomic mass is 9.92. The number of carbonyl (C=O) groups excluding carboxylic acids is 8. The molecule has 20 nitrogen and oxygen atoms in total. The molecule has 5 N–H and O–H groups in total. The fourth-order valence-electron chi connectivity index (χ4n) is 8.10. The van der Waals surface area contributed by atoms with Crippen molar-refractivity contribution in [2.45, 2.75) is 90.0 Å². The summed E-state index contributed by atoms with van der Waals surface area (Å²) >= 11 is 0. The van der Waals surface area contributed by atoms with Gasteiger partial charge in [0.05, 0.1) is 89.8 Å². The molecule has 2 aromatic rings. The van der Waals surface area contributed by atoms with E-state index in [-0.39, 0.29) is 123 Å². The van der Waals surface area contributed by atoms with Crippen molar-refractivity contribution in [3.63, 3.8) is 0 Å². The highest BCUT2D eigenvalue weighted by Gasteiger charge is 2.36. The Labute approximate surface area is 420 Å². The number of allylic oxidation sites excluding steroid dienone is 4. The third-order valence-corrected chi connectivity index (χ3v) is 11.6. The lowest BCUT2D eigenvalue weighted by Crippen LogP contribution is -3.00. The summed E-state index contributed by atoms with van der Waals surface area (Å²) in [5, 5.41) is 2.60. The van der Waals surface area contributed by atoms with Crippen molar-refractivity contribution < 1.29 is 117 Å². The zero-order valence-corrected chi connectivity index (χ0v) is 42.6. The summed E-state index contributed by atoms with van der Waals surface area (Å²) in [7, 11) is 8.81. The fourth-order valence-corrected chi connectivity index (χ4v) is 8.10. The van der Waals surface area contributed by atoms with Gasteiger partial charge in [-0.3, -0.25) is 38.4 Å². The second-order valence-electron chi connectivity index (χ2n) is 15.5. The number of carbonyl (C=O) groups is 8. The van der Waals surface area contributed by atoms with Crippen LogP contribution >= 0.6 is 0 Å². The van der Waals surface area contributed by atoms with E-state index in [2.05, 4.69) is 25.3 Å². The first-order valence-electron chi connectivity index (χ1n) is 21.9. The quantitative estimate of drug-likeness (QED) is 0.0543. The molecule has 2 aromatic heterocycles. The Morgan fingerprint density at radius 3 is 1.67 bits per heavy atom. The monoisotopic (exact) mass is 1090 g/mol. The van der Waals surface area contributed by atoms with Crippen molar-refractivity contribution in [2.75, 3.05) is 49.8 Å². The van der Waals surface area contributed by atoms with Crippen molar-refractivity contribution >= 4 is 71.8 Å².